The molecule has 2 aromatic heterocycles. The lowest BCUT2D eigenvalue weighted by Crippen LogP contribution is -2.29. The minimum absolute atomic E-state index is 0.152. The quantitative estimate of drug-likeness (QED) is 0.754. The monoisotopic (exact) mass is 338 g/mol. The predicted molar refractivity (Wildman–Crippen MR) is 81.5 cm³/mol. The normalized spacial score (nSPS) is 10.9. The average molecular weight is 339 g/mol. The molecule has 2 rings (SSSR count). The zero-order valence-corrected chi connectivity index (χ0v) is 13.1. The number of likely N-dealkylation sites (N-methyl/N-ethyl adjacent to an activating group) is 1. The zero-order chi connectivity index (χ0) is 13.7. The number of pyridine rings is 1. The van der Waals surface area contributed by atoms with Crippen molar-refractivity contribution in [1.29, 1.82) is 0 Å². The van der Waals surface area contributed by atoms with Crippen LogP contribution in [0.3, 0.4) is 0 Å². The third-order valence-corrected chi connectivity index (χ3v) is 4.68. The van der Waals surface area contributed by atoms with Crippen molar-refractivity contribution in [3.63, 3.8) is 0 Å². The highest BCUT2D eigenvalue weighted by Gasteiger charge is 2.15. The van der Waals surface area contributed by atoms with E-state index in [1.807, 2.05) is 29.6 Å². The topological polar surface area (TPSA) is 33.2 Å². The summed E-state index contributed by atoms with van der Waals surface area (Å²) >= 11 is 4.88. The zero-order valence-electron chi connectivity index (χ0n) is 10.7. The maximum Gasteiger partial charge on any atom is 0.187 e. The van der Waals surface area contributed by atoms with Gasteiger partial charge in [0.1, 0.15) is 0 Å². The molecule has 0 spiro atoms. The summed E-state index contributed by atoms with van der Waals surface area (Å²) in [4.78, 5) is 19.4. The first-order valence-corrected chi connectivity index (χ1v) is 7.76. The molecule has 0 saturated heterocycles. The van der Waals surface area contributed by atoms with Crippen molar-refractivity contribution in [1.82, 2.24) is 9.88 Å². The molecule has 0 radical (unpaired) electrons. The Bertz CT molecular complexity index is 541. The van der Waals surface area contributed by atoms with Gasteiger partial charge in [-0.3, -0.25) is 14.7 Å². The number of aromatic nitrogens is 1. The van der Waals surface area contributed by atoms with E-state index >= 15 is 0 Å². The molecule has 0 unspecified atom stereocenters. The number of rotatable bonds is 6. The van der Waals surface area contributed by atoms with Crippen LogP contribution in [-0.4, -0.2) is 28.8 Å². The largest absolute Gasteiger partial charge is 0.292 e. The van der Waals surface area contributed by atoms with Crippen molar-refractivity contribution in [3.05, 3.63) is 50.9 Å². The number of hydrogen-bond donors (Lipinski definition) is 0. The van der Waals surface area contributed by atoms with E-state index in [1.54, 1.807) is 6.20 Å². The molecule has 0 amide bonds. The lowest BCUT2D eigenvalue weighted by Gasteiger charge is -2.18. The molecule has 5 heteroatoms. The molecule has 0 aliphatic rings. The highest BCUT2D eigenvalue weighted by molar-refractivity contribution is 9.10. The molecule has 0 atom stereocenters. The van der Waals surface area contributed by atoms with Crippen LogP contribution in [-0.2, 0) is 6.54 Å². The number of hydrogen-bond acceptors (Lipinski definition) is 4. The molecule has 0 N–H and O–H groups in total. The molecule has 0 aliphatic heterocycles. The van der Waals surface area contributed by atoms with Crippen LogP contribution in [0.15, 0.2) is 40.3 Å². The van der Waals surface area contributed by atoms with Gasteiger partial charge in [0.2, 0.25) is 0 Å². The van der Waals surface area contributed by atoms with Crippen LogP contribution in [0.25, 0.3) is 0 Å². The Morgan fingerprint density at radius 2 is 2.26 bits per heavy atom. The average Bonchev–Trinajstić information content (AvgIpc) is 2.85. The second kappa shape index (κ2) is 6.93. The third kappa shape index (κ3) is 3.96. The van der Waals surface area contributed by atoms with Gasteiger partial charge in [-0.15, -0.1) is 11.3 Å². The van der Waals surface area contributed by atoms with Gasteiger partial charge in [0.05, 0.1) is 17.1 Å². The Kier molecular flexibility index (Phi) is 5.24. The number of halogens is 1. The van der Waals surface area contributed by atoms with E-state index in [-0.39, 0.29) is 5.78 Å². The molecule has 100 valence electrons. The van der Waals surface area contributed by atoms with Gasteiger partial charge >= 0.3 is 0 Å². The lowest BCUT2D eigenvalue weighted by atomic mass is 10.2. The van der Waals surface area contributed by atoms with Crippen molar-refractivity contribution < 1.29 is 4.79 Å². The summed E-state index contributed by atoms with van der Waals surface area (Å²) in [6, 6.07) is 7.75. The minimum atomic E-state index is 0.152. The molecule has 19 heavy (non-hydrogen) atoms. The Hall–Kier alpha value is -1.04. The van der Waals surface area contributed by atoms with Crippen LogP contribution in [0.1, 0.15) is 22.3 Å². The smallest absolute Gasteiger partial charge is 0.187 e. The summed E-state index contributed by atoms with van der Waals surface area (Å²) in [5.74, 6) is 0.152. The molecular formula is C14H15BrN2OS. The first-order valence-electron chi connectivity index (χ1n) is 6.09. The Morgan fingerprint density at radius 3 is 2.84 bits per heavy atom. The van der Waals surface area contributed by atoms with Crippen LogP contribution >= 0.6 is 27.3 Å². The summed E-state index contributed by atoms with van der Waals surface area (Å²) in [6.07, 6.45) is 1.78. The van der Waals surface area contributed by atoms with E-state index < -0.39 is 0 Å². The molecule has 0 aromatic carbocycles. The minimum Gasteiger partial charge on any atom is -0.292 e. The van der Waals surface area contributed by atoms with E-state index in [9.17, 15) is 4.79 Å². The van der Waals surface area contributed by atoms with Gasteiger partial charge < -0.3 is 0 Å². The Balaban J connectivity index is 2.00. The van der Waals surface area contributed by atoms with Gasteiger partial charge in [0.15, 0.2) is 5.78 Å². The maximum absolute atomic E-state index is 12.2. The fourth-order valence-electron chi connectivity index (χ4n) is 1.77. The SMILES string of the molecule is CCN(CC(=O)c1sccc1Br)Cc1ccccn1. The van der Waals surface area contributed by atoms with Crippen molar-refractivity contribution in [3.8, 4) is 0 Å². The summed E-state index contributed by atoms with van der Waals surface area (Å²) < 4.78 is 0.886. The van der Waals surface area contributed by atoms with Crippen LogP contribution < -0.4 is 0 Å². The predicted octanol–water partition coefficient (Wildman–Crippen LogP) is 3.61. The second-order valence-electron chi connectivity index (χ2n) is 4.15. The lowest BCUT2D eigenvalue weighted by molar-refractivity contribution is 0.0932. The summed E-state index contributed by atoms with van der Waals surface area (Å²) in [6.45, 7) is 4.00. The summed E-state index contributed by atoms with van der Waals surface area (Å²) in [7, 11) is 0. The van der Waals surface area contributed by atoms with Crippen LogP contribution in [0.2, 0.25) is 0 Å². The van der Waals surface area contributed by atoms with Crippen molar-refractivity contribution >= 4 is 33.0 Å². The fraction of sp³-hybridized carbons (Fsp3) is 0.286. The highest BCUT2D eigenvalue weighted by atomic mass is 79.9. The number of ketones is 1. The first kappa shape index (κ1) is 14.4. The van der Waals surface area contributed by atoms with Gasteiger partial charge in [-0.25, -0.2) is 0 Å². The van der Waals surface area contributed by atoms with E-state index in [4.69, 9.17) is 0 Å². The van der Waals surface area contributed by atoms with Crippen LogP contribution in [0.4, 0.5) is 0 Å². The van der Waals surface area contributed by atoms with Gasteiger partial charge in [-0.2, -0.15) is 0 Å². The molecule has 0 saturated carbocycles. The number of nitrogens with zero attached hydrogens (tertiary/aromatic N) is 2. The van der Waals surface area contributed by atoms with Crippen molar-refractivity contribution in [2.24, 2.45) is 0 Å². The Morgan fingerprint density at radius 1 is 1.42 bits per heavy atom. The number of carbonyl (C=O) groups is 1. The van der Waals surface area contributed by atoms with Crippen molar-refractivity contribution in [2.75, 3.05) is 13.1 Å². The molecular weight excluding hydrogens is 324 g/mol. The first-order chi connectivity index (χ1) is 9.20. The number of carbonyl (C=O) groups excluding carboxylic acids is 1. The van der Waals surface area contributed by atoms with Crippen LogP contribution in [0, 0.1) is 0 Å². The molecule has 2 heterocycles. The van der Waals surface area contributed by atoms with Gasteiger partial charge in [0, 0.05) is 17.2 Å². The molecule has 0 bridgehead atoms. The van der Waals surface area contributed by atoms with Gasteiger partial charge in [0.25, 0.3) is 0 Å². The molecule has 0 aliphatic carbocycles. The third-order valence-electron chi connectivity index (χ3n) is 2.80. The fourth-order valence-corrected chi connectivity index (χ4v) is 3.29. The standard InChI is InChI=1S/C14H15BrN2OS/c1-2-17(9-11-5-3-4-7-16-11)10-13(18)14-12(15)6-8-19-14/h3-8H,2,9-10H2,1H3. The molecule has 0 fully saturated rings. The summed E-state index contributed by atoms with van der Waals surface area (Å²) in [5, 5.41) is 1.92. The summed E-state index contributed by atoms with van der Waals surface area (Å²) in [5.41, 5.74) is 0.988. The van der Waals surface area contributed by atoms with E-state index in [2.05, 4.69) is 32.7 Å². The van der Waals surface area contributed by atoms with E-state index in [0.29, 0.717) is 13.1 Å². The second-order valence-corrected chi connectivity index (χ2v) is 5.92. The van der Waals surface area contributed by atoms with Gasteiger partial charge in [-0.05, 0) is 46.1 Å². The van der Waals surface area contributed by atoms with E-state index in [1.165, 1.54) is 11.3 Å². The molecule has 2 aromatic rings. The van der Waals surface area contributed by atoms with Crippen molar-refractivity contribution in [2.45, 2.75) is 13.5 Å². The highest BCUT2D eigenvalue weighted by Crippen LogP contribution is 2.23. The number of thiophene rings is 1. The maximum atomic E-state index is 12.2. The molecule has 3 nitrogen and oxygen atoms in total. The van der Waals surface area contributed by atoms with Crippen LogP contribution in [0.5, 0.6) is 0 Å². The number of Topliss-reactive ketones (excluding diaryl/α,β-unsaturated/α-hetero) is 1. The van der Waals surface area contributed by atoms with E-state index in [0.717, 1.165) is 21.6 Å². The Labute approximate surface area is 125 Å². The van der Waals surface area contributed by atoms with Gasteiger partial charge in [-0.1, -0.05) is 13.0 Å².